The zero-order valence-electron chi connectivity index (χ0n) is 11.3. The molecule has 2 N–H and O–H groups in total. The van der Waals surface area contributed by atoms with Crippen molar-refractivity contribution in [2.24, 2.45) is 5.92 Å². The van der Waals surface area contributed by atoms with Crippen molar-refractivity contribution in [2.45, 2.75) is 31.9 Å². The van der Waals surface area contributed by atoms with Gasteiger partial charge in [-0.1, -0.05) is 0 Å². The first-order valence-corrected chi connectivity index (χ1v) is 7.73. The van der Waals surface area contributed by atoms with Crippen LogP contribution < -0.4 is 5.32 Å². The maximum Gasteiger partial charge on any atom is 0.0607 e. The van der Waals surface area contributed by atoms with Crippen molar-refractivity contribution in [1.29, 1.82) is 0 Å². The second kappa shape index (κ2) is 6.66. The van der Waals surface area contributed by atoms with Gasteiger partial charge >= 0.3 is 0 Å². The number of likely N-dealkylation sites (tertiary alicyclic amines) is 1. The van der Waals surface area contributed by atoms with Crippen molar-refractivity contribution in [3.05, 3.63) is 22.4 Å². The van der Waals surface area contributed by atoms with Gasteiger partial charge in [0.05, 0.1) is 6.10 Å². The highest BCUT2D eigenvalue weighted by atomic mass is 32.1. The zero-order chi connectivity index (χ0) is 13.0. The number of thiophene rings is 1. The molecule has 1 aromatic rings. The van der Waals surface area contributed by atoms with Crippen molar-refractivity contribution in [3.63, 3.8) is 0 Å². The molecule has 0 radical (unpaired) electrons. The molecule has 1 aliphatic rings. The first-order valence-electron chi connectivity index (χ1n) is 6.79. The van der Waals surface area contributed by atoms with Crippen LogP contribution in [0.25, 0.3) is 0 Å². The second-order valence-electron chi connectivity index (χ2n) is 5.28. The highest BCUT2D eigenvalue weighted by Crippen LogP contribution is 2.21. The lowest BCUT2D eigenvalue weighted by atomic mass is 9.88. The fraction of sp³-hybridized carbons (Fsp3) is 0.714. The van der Waals surface area contributed by atoms with Crippen LogP contribution in [-0.2, 0) is 6.42 Å². The van der Waals surface area contributed by atoms with E-state index in [1.165, 1.54) is 5.56 Å². The minimum absolute atomic E-state index is 0.148. The molecular weight excluding hydrogens is 244 g/mol. The molecule has 102 valence electrons. The Morgan fingerprint density at radius 2 is 2.44 bits per heavy atom. The third-order valence-corrected chi connectivity index (χ3v) is 4.83. The zero-order valence-corrected chi connectivity index (χ0v) is 12.1. The first kappa shape index (κ1) is 14.0. The SMILES string of the molecule is CNC(C)C1CN(CCc2ccsc2)CCC1O. The van der Waals surface area contributed by atoms with Crippen molar-refractivity contribution in [3.8, 4) is 0 Å². The fourth-order valence-corrected chi connectivity index (χ4v) is 3.37. The Balaban J connectivity index is 1.83. The van der Waals surface area contributed by atoms with E-state index in [-0.39, 0.29) is 6.10 Å². The van der Waals surface area contributed by atoms with Crippen molar-refractivity contribution < 1.29 is 5.11 Å². The van der Waals surface area contributed by atoms with Gasteiger partial charge in [0.2, 0.25) is 0 Å². The summed E-state index contributed by atoms with van der Waals surface area (Å²) in [6.45, 7) is 5.30. The Morgan fingerprint density at radius 1 is 1.61 bits per heavy atom. The van der Waals surface area contributed by atoms with Crippen LogP contribution in [0.3, 0.4) is 0 Å². The van der Waals surface area contributed by atoms with Gasteiger partial charge in [-0.05, 0) is 49.2 Å². The summed E-state index contributed by atoms with van der Waals surface area (Å²) in [5.41, 5.74) is 1.43. The van der Waals surface area contributed by atoms with E-state index >= 15 is 0 Å². The van der Waals surface area contributed by atoms with E-state index in [0.717, 1.165) is 32.5 Å². The third kappa shape index (κ3) is 3.54. The van der Waals surface area contributed by atoms with Crippen LogP contribution in [0.4, 0.5) is 0 Å². The second-order valence-corrected chi connectivity index (χ2v) is 6.06. The average molecular weight is 268 g/mol. The lowest BCUT2D eigenvalue weighted by Gasteiger charge is -2.39. The summed E-state index contributed by atoms with van der Waals surface area (Å²) in [5.74, 6) is 0.353. The van der Waals surface area contributed by atoms with Crippen molar-refractivity contribution >= 4 is 11.3 Å². The molecule has 2 heterocycles. The largest absolute Gasteiger partial charge is 0.393 e. The molecule has 1 saturated heterocycles. The molecule has 0 aliphatic carbocycles. The van der Waals surface area contributed by atoms with Crippen LogP contribution in [0.2, 0.25) is 0 Å². The maximum atomic E-state index is 10.1. The van der Waals surface area contributed by atoms with E-state index in [4.69, 9.17) is 0 Å². The quantitative estimate of drug-likeness (QED) is 0.851. The maximum absolute atomic E-state index is 10.1. The Morgan fingerprint density at radius 3 is 3.11 bits per heavy atom. The van der Waals surface area contributed by atoms with Gasteiger partial charge in [0.15, 0.2) is 0 Å². The van der Waals surface area contributed by atoms with Crippen molar-refractivity contribution in [2.75, 3.05) is 26.7 Å². The molecular formula is C14H24N2OS. The first-order chi connectivity index (χ1) is 8.70. The number of nitrogens with zero attached hydrogens (tertiary/aromatic N) is 1. The van der Waals surface area contributed by atoms with Gasteiger partial charge in [-0.25, -0.2) is 0 Å². The molecule has 2 rings (SSSR count). The van der Waals surface area contributed by atoms with Crippen molar-refractivity contribution in [1.82, 2.24) is 10.2 Å². The lowest BCUT2D eigenvalue weighted by Crippen LogP contribution is -2.50. The van der Waals surface area contributed by atoms with E-state index in [0.29, 0.717) is 12.0 Å². The predicted molar refractivity (Wildman–Crippen MR) is 77.1 cm³/mol. The minimum Gasteiger partial charge on any atom is -0.393 e. The van der Waals surface area contributed by atoms with Gasteiger partial charge in [0.25, 0.3) is 0 Å². The van der Waals surface area contributed by atoms with Gasteiger partial charge in [0, 0.05) is 31.6 Å². The van der Waals surface area contributed by atoms with Gasteiger partial charge < -0.3 is 15.3 Å². The smallest absolute Gasteiger partial charge is 0.0607 e. The normalized spacial score (nSPS) is 27.3. The fourth-order valence-electron chi connectivity index (χ4n) is 2.67. The number of aliphatic hydroxyl groups is 1. The Kier molecular flexibility index (Phi) is 5.18. The molecule has 0 aromatic carbocycles. The van der Waals surface area contributed by atoms with Crippen LogP contribution in [0.15, 0.2) is 16.8 Å². The number of hydrogen-bond acceptors (Lipinski definition) is 4. The van der Waals surface area contributed by atoms with Crippen LogP contribution in [-0.4, -0.2) is 48.8 Å². The number of nitrogens with one attached hydrogen (secondary N) is 1. The molecule has 3 unspecified atom stereocenters. The summed E-state index contributed by atoms with van der Waals surface area (Å²) in [4.78, 5) is 2.49. The summed E-state index contributed by atoms with van der Waals surface area (Å²) in [7, 11) is 1.97. The standard InChI is InChI=1S/C14H24N2OS/c1-11(15-2)13-9-16(7-4-14(13)17)6-3-12-5-8-18-10-12/h5,8,10-11,13-15,17H,3-4,6-7,9H2,1-2H3. The van der Waals surface area contributed by atoms with Crippen LogP contribution >= 0.6 is 11.3 Å². The number of aliphatic hydroxyl groups excluding tert-OH is 1. The molecule has 1 aliphatic heterocycles. The summed E-state index contributed by atoms with van der Waals surface area (Å²) >= 11 is 1.77. The van der Waals surface area contributed by atoms with Gasteiger partial charge in [-0.15, -0.1) is 0 Å². The molecule has 0 bridgehead atoms. The predicted octanol–water partition coefficient (Wildman–Crippen LogP) is 1.58. The Bertz CT molecular complexity index is 338. The molecule has 18 heavy (non-hydrogen) atoms. The monoisotopic (exact) mass is 268 g/mol. The van der Waals surface area contributed by atoms with Crippen LogP contribution in [0.1, 0.15) is 18.9 Å². The number of piperidine rings is 1. The Labute approximate surface area is 114 Å². The van der Waals surface area contributed by atoms with E-state index in [9.17, 15) is 5.11 Å². The topological polar surface area (TPSA) is 35.5 Å². The summed E-state index contributed by atoms with van der Waals surface area (Å²) < 4.78 is 0. The third-order valence-electron chi connectivity index (χ3n) is 4.10. The van der Waals surface area contributed by atoms with Crippen LogP contribution in [0.5, 0.6) is 0 Å². The number of rotatable bonds is 5. The minimum atomic E-state index is -0.148. The summed E-state index contributed by atoms with van der Waals surface area (Å²) in [5, 5.41) is 17.7. The van der Waals surface area contributed by atoms with E-state index in [1.54, 1.807) is 11.3 Å². The molecule has 3 atom stereocenters. The number of hydrogen-bond donors (Lipinski definition) is 2. The molecule has 0 amide bonds. The van der Waals surface area contributed by atoms with E-state index < -0.39 is 0 Å². The summed E-state index contributed by atoms with van der Waals surface area (Å²) in [6, 6.07) is 2.58. The van der Waals surface area contributed by atoms with Gasteiger partial charge in [-0.3, -0.25) is 0 Å². The molecule has 0 spiro atoms. The lowest BCUT2D eigenvalue weighted by molar-refractivity contribution is 0.0135. The molecule has 0 saturated carbocycles. The van der Waals surface area contributed by atoms with E-state index in [2.05, 4.69) is 34.0 Å². The highest BCUT2D eigenvalue weighted by Gasteiger charge is 2.30. The van der Waals surface area contributed by atoms with Crippen LogP contribution in [0, 0.1) is 5.92 Å². The summed E-state index contributed by atoms with van der Waals surface area (Å²) in [6.07, 6.45) is 1.88. The molecule has 4 heteroatoms. The van der Waals surface area contributed by atoms with E-state index in [1.807, 2.05) is 7.05 Å². The highest BCUT2D eigenvalue weighted by molar-refractivity contribution is 7.07. The molecule has 1 aromatic heterocycles. The molecule has 3 nitrogen and oxygen atoms in total. The Hall–Kier alpha value is -0.420. The van der Waals surface area contributed by atoms with Gasteiger partial charge in [0.1, 0.15) is 0 Å². The average Bonchev–Trinajstić information content (AvgIpc) is 2.90. The van der Waals surface area contributed by atoms with Gasteiger partial charge in [-0.2, -0.15) is 11.3 Å². The molecule has 1 fully saturated rings.